The second kappa shape index (κ2) is 7.23. The Bertz CT molecular complexity index is 843. The summed E-state index contributed by atoms with van der Waals surface area (Å²) in [5, 5.41) is 10.1. The standard InChI is InChI=1S/C19H20BrNO5/c1-9-15(19(24)26-3)16(17-12(21-9)5-4-6-13(17)22)10-7-11(20)18(23)14(8-10)25-2/h7-8,15-16,23H,4-6H2,1-3H3/t15?,16-/m1/s1. The maximum absolute atomic E-state index is 12.7. The summed E-state index contributed by atoms with van der Waals surface area (Å²) in [5.74, 6) is -1.41. The fourth-order valence-electron chi connectivity index (χ4n) is 3.73. The first-order valence-corrected chi connectivity index (χ1v) is 9.14. The van der Waals surface area contributed by atoms with Crippen molar-refractivity contribution in [3.05, 3.63) is 33.4 Å². The van der Waals surface area contributed by atoms with Gasteiger partial charge in [-0.25, -0.2) is 0 Å². The first-order chi connectivity index (χ1) is 12.4. The van der Waals surface area contributed by atoms with Crippen molar-refractivity contribution in [2.24, 2.45) is 10.9 Å². The van der Waals surface area contributed by atoms with Gasteiger partial charge in [-0.3, -0.25) is 14.6 Å². The lowest BCUT2D eigenvalue weighted by Crippen LogP contribution is -2.36. The first-order valence-electron chi connectivity index (χ1n) is 8.34. The molecule has 1 unspecified atom stereocenters. The highest BCUT2D eigenvalue weighted by atomic mass is 79.9. The van der Waals surface area contributed by atoms with Crippen LogP contribution < -0.4 is 4.74 Å². The van der Waals surface area contributed by atoms with Crippen molar-refractivity contribution in [1.82, 2.24) is 0 Å². The van der Waals surface area contributed by atoms with Crippen molar-refractivity contribution in [2.45, 2.75) is 32.1 Å². The number of ketones is 1. The maximum atomic E-state index is 12.7. The third kappa shape index (κ3) is 3.05. The molecule has 1 aliphatic carbocycles. The summed E-state index contributed by atoms with van der Waals surface area (Å²) in [7, 11) is 2.78. The highest BCUT2D eigenvalue weighted by Crippen LogP contribution is 2.46. The summed E-state index contributed by atoms with van der Waals surface area (Å²) in [5.41, 5.74) is 2.63. The van der Waals surface area contributed by atoms with Gasteiger partial charge in [0.15, 0.2) is 17.3 Å². The van der Waals surface area contributed by atoms with Gasteiger partial charge in [-0.2, -0.15) is 0 Å². The molecule has 138 valence electrons. The van der Waals surface area contributed by atoms with Crippen molar-refractivity contribution < 1.29 is 24.2 Å². The van der Waals surface area contributed by atoms with Crippen LogP contribution in [0.2, 0.25) is 0 Å². The number of rotatable bonds is 3. The van der Waals surface area contributed by atoms with E-state index in [2.05, 4.69) is 20.9 Å². The molecule has 0 saturated carbocycles. The van der Waals surface area contributed by atoms with E-state index in [-0.39, 0.29) is 17.3 Å². The van der Waals surface area contributed by atoms with Gasteiger partial charge in [-0.15, -0.1) is 0 Å². The van der Waals surface area contributed by atoms with Crippen LogP contribution in [0, 0.1) is 5.92 Å². The molecule has 1 heterocycles. The minimum absolute atomic E-state index is 0.00423. The summed E-state index contributed by atoms with van der Waals surface area (Å²) in [6, 6.07) is 3.37. The molecule has 0 fully saturated rings. The largest absolute Gasteiger partial charge is 0.503 e. The zero-order valence-corrected chi connectivity index (χ0v) is 16.4. The smallest absolute Gasteiger partial charge is 0.315 e. The summed E-state index contributed by atoms with van der Waals surface area (Å²) < 4.78 is 10.7. The van der Waals surface area contributed by atoms with E-state index in [1.54, 1.807) is 19.1 Å². The quantitative estimate of drug-likeness (QED) is 0.754. The molecule has 26 heavy (non-hydrogen) atoms. The fraction of sp³-hybridized carbons (Fsp3) is 0.421. The number of phenolic OH excluding ortho intramolecular Hbond substituents is 1. The molecule has 2 atom stereocenters. The number of hydrogen-bond donors (Lipinski definition) is 1. The minimum Gasteiger partial charge on any atom is -0.503 e. The molecule has 1 aromatic rings. The van der Waals surface area contributed by atoms with Crippen LogP contribution in [-0.2, 0) is 14.3 Å². The number of carbonyl (C=O) groups excluding carboxylic acids is 2. The van der Waals surface area contributed by atoms with E-state index in [0.29, 0.717) is 34.2 Å². The zero-order valence-electron chi connectivity index (χ0n) is 14.8. The van der Waals surface area contributed by atoms with Crippen LogP contribution in [0.25, 0.3) is 0 Å². The molecular formula is C19H20BrNO5. The van der Waals surface area contributed by atoms with Gasteiger partial charge in [0.1, 0.15) is 5.92 Å². The number of aliphatic imine (C=N–C) groups is 1. The van der Waals surface area contributed by atoms with Crippen LogP contribution in [0.15, 0.2) is 32.9 Å². The molecule has 0 radical (unpaired) electrons. The average Bonchev–Trinajstić information content (AvgIpc) is 2.62. The molecule has 0 amide bonds. The number of carbonyl (C=O) groups is 2. The van der Waals surface area contributed by atoms with E-state index in [4.69, 9.17) is 9.47 Å². The normalized spacial score (nSPS) is 22.6. The topological polar surface area (TPSA) is 85.2 Å². The number of hydrogen-bond acceptors (Lipinski definition) is 6. The van der Waals surface area contributed by atoms with E-state index >= 15 is 0 Å². The van der Waals surface area contributed by atoms with E-state index in [1.165, 1.54) is 14.2 Å². The van der Waals surface area contributed by atoms with Crippen molar-refractivity contribution in [3.8, 4) is 11.5 Å². The zero-order chi connectivity index (χ0) is 19.0. The average molecular weight is 422 g/mol. The lowest BCUT2D eigenvalue weighted by atomic mass is 9.71. The molecular weight excluding hydrogens is 402 g/mol. The lowest BCUT2D eigenvalue weighted by Gasteiger charge is -2.34. The van der Waals surface area contributed by atoms with Gasteiger partial charge in [0.05, 0.1) is 18.7 Å². The summed E-state index contributed by atoms with van der Waals surface area (Å²) in [4.78, 5) is 29.8. The Morgan fingerprint density at radius 2 is 2.04 bits per heavy atom. The van der Waals surface area contributed by atoms with Crippen LogP contribution in [0.1, 0.15) is 37.7 Å². The SMILES string of the molecule is COC(=O)C1C(C)=NC2=C(C(=O)CCC2)[C@@H]1c1cc(Br)c(O)c(OC)c1. The van der Waals surface area contributed by atoms with Crippen molar-refractivity contribution >= 4 is 33.4 Å². The number of nitrogens with zero attached hydrogens (tertiary/aromatic N) is 1. The number of halogens is 1. The molecule has 1 aromatic carbocycles. The number of benzene rings is 1. The summed E-state index contributed by atoms with van der Waals surface area (Å²) in [6.45, 7) is 1.78. The maximum Gasteiger partial charge on any atom is 0.315 e. The second-order valence-corrected chi connectivity index (χ2v) is 7.28. The van der Waals surface area contributed by atoms with Gasteiger partial charge in [-0.1, -0.05) is 0 Å². The number of methoxy groups -OCH3 is 2. The Labute approximate surface area is 160 Å². The Morgan fingerprint density at radius 1 is 1.31 bits per heavy atom. The van der Waals surface area contributed by atoms with Crippen LogP contribution in [0.4, 0.5) is 0 Å². The first kappa shape index (κ1) is 18.6. The van der Waals surface area contributed by atoms with Gasteiger partial charge >= 0.3 is 5.97 Å². The Morgan fingerprint density at radius 3 is 2.69 bits per heavy atom. The number of allylic oxidation sites excluding steroid dienone is 2. The van der Waals surface area contributed by atoms with Crippen molar-refractivity contribution in [2.75, 3.05) is 14.2 Å². The molecule has 3 rings (SSSR count). The molecule has 6 nitrogen and oxygen atoms in total. The number of ether oxygens (including phenoxy) is 2. The molecule has 0 bridgehead atoms. The number of aromatic hydroxyl groups is 1. The molecule has 2 aliphatic rings. The van der Waals surface area contributed by atoms with Crippen LogP contribution in [-0.4, -0.2) is 36.8 Å². The highest BCUT2D eigenvalue weighted by molar-refractivity contribution is 9.10. The lowest BCUT2D eigenvalue weighted by molar-refractivity contribution is -0.143. The Balaban J connectivity index is 2.24. The second-order valence-electron chi connectivity index (χ2n) is 6.42. The monoisotopic (exact) mass is 421 g/mol. The van der Waals surface area contributed by atoms with E-state index < -0.39 is 17.8 Å². The summed E-state index contributed by atoms with van der Waals surface area (Å²) in [6.07, 6.45) is 1.90. The van der Waals surface area contributed by atoms with Gasteiger partial charge in [0, 0.05) is 29.3 Å². The van der Waals surface area contributed by atoms with E-state index in [9.17, 15) is 14.7 Å². The van der Waals surface area contributed by atoms with Gasteiger partial charge in [0.2, 0.25) is 0 Å². The number of phenols is 1. The van der Waals surface area contributed by atoms with E-state index in [0.717, 1.165) is 12.1 Å². The molecule has 0 aromatic heterocycles. The fourth-order valence-corrected chi connectivity index (χ4v) is 4.19. The van der Waals surface area contributed by atoms with Crippen molar-refractivity contribution in [3.63, 3.8) is 0 Å². The molecule has 0 saturated heterocycles. The van der Waals surface area contributed by atoms with Crippen molar-refractivity contribution in [1.29, 1.82) is 0 Å². The number of Topliss-reactive ketones (excluding diaryl/α,β-unsaturated/α-hetero) is 1. The molecule has 7 heteroatoms. The van der Waals surface area contributed by atoms with Gasteiger partial charge < -0.3 is 14.6 Å². The van der Waals surface area contributed by atoms with Gasteiger partial charge in [-0.05, 0) is 53.4 Å². The summed E-state index contributed by atoms with van der Waals surface area (Å²) >= 11 is 3.32. The molecule has 1 N–H and O–H groups in total. The van der Waals surface area contributed by atoms with E-state index in [1.807, 2.05) is 0 Å². The predicted octanol–water partition coefficient (Wildman–Crippen LogP) is 3.52. The minimum atomic E-state index is -0.693. The van der Waals surface area contributed by atoms with Crippen LogP contribution in [0.5, 0.6) is 11.5 Å². The predicted molar refractivity (Wildman–Crippen MR) is 99.6 cm³/mol. The number of esters is 1. The Hall–Kier alpha value is -2.15. The van der Waals surface area contributed by atoms with Crippen LogP contribution in [0.3, 0.4) is 0 Å². The third-order valence-corrected chi connectivity index (χ3v) is 5.52. The third-order valence-electron chi connectivity index (χ3n) is 4.92. The van der Waals surface area contributed by atoms with Gasteiger partial charge in [0.25, 0.3) is 0 Å². The highest BCUT2D eigenvalue weighted by Gasteiger charge is 2.43. The molecule has 0 spiro atoms. The van der Waals surface area contributed by atoms with Crippen LogP contribution >= 0.6 is 15.9 Å². The Kier molecular flexibility index (Phi) is 5.18. The molecule has 1 aliphatic heterocycles.